The number of rotatable bonds is 0. The van der Waals surface area contributed by atoms with Crippen LogP contribution in [0.1, 0.15) is 24.0 Å². The van der Waals surface area contributed by atoms with Crippen LogP contribution in [0.4, 0.5) is 13.2 Å². The van der Waals surface area contributed by atoms with Gasteiger partial charge < -0.3 is 15.2 Å². The Morgan fingerprint density at radius 2 is 2.14 bits per heavy atom. The minimum Gasteiger partial charge on any atom is -0.475 e. The fourth-order valence-electron chi connectivity index (χ4n) is 2.69. The number of ether oxygens (including phenoxy) is 1. The third-order valence-electron chi connectivity index (χ3n) is 3.88. The standard InChI is InChI=1S/C12H14BrNO.C2HF3O2/c1-12-7-14-5-10(12)8-3-2-4-11(13)9(8)6-15-12;3-2(4,5)1(6)7/h2-4,10,14H,5-7H2,1H3;(H,6,7). The van der Waals surface area contributed by atoms with E-state index in [2.05, 4.69) is 46.4 Å². The SMILES string of the molecule is CC12CNCC1c1cccc(Br)c1CO2.O=C(O)C(F)(F)F. The number of halogens is 4. The largest absolute Gasteiger partial charge is 0.490 e. The Kier molecular flexibility index (Phi) is 4.84. The summed E-state index contributed by atoms with van der Waals surface area (Å²) in [7, 11) is 0. The number of aliphatic carboxylic acids is 1. The molecule has 2 aliphatic heterocycles. The summed E-state index contributed by atoms with van der Waals surface area (Å²) < 4.78 is 38.9. The molecule has 0 bridgehead atoms. The van der Waals surface area contributed by atoms with E-state index in [-0.39, 0.29) is 5.60 Å². The lowest BCUT2D eigenvalue weighted by molar-refractivity contribution is -0.192. The van der Waals surface area contributed by atoms with Crippen LogP contribution in [0.25, 0.3) is 0 Å². The first-order valence-electron chi connectivity index (χ1n) is 6.57. The van der Waals surface area contributed by atoms with Gasteiger partial charge in [-0.3, -0.25) is 0 Å². The van der Waals surface area contributed by atoms with Gasteiger partial charge in [0.15, 0.2) is 0 Å². The predicted octanol–water partition coefficient (Wildman–Crippen LogP) is 3.06. The van der Waals surface area contributed by atoms with Crippen molar-refractivity contribution in [3.63, 3.8) is 0 Å². The number of benzene rings is 1. The molecule has 1 aromatic rings. The quantitative estimate of drug-likeness (QED) is 0.724. The Labute approximate surface area is 133 Å². The second-order valence-corrected chi connectivity index (χ2v) is 6.25. The van der Waals surface area contributed by atoms with Crippen LogP contribution in [0.5, 0.6) is 0 Å². The zero-order chi connectivity index (χ0) is 16.5. The van der Waals surface area contributed by atoms with E-state index >= 15 is 0 Å². The molecular formula is C14H15BrF3NO3. The maximum Gasteiger partial charge on any atom is 0.490 e. The minimum absolute atomic E-state index is 0.00616. The Hall–Kier alpha value is -1.12. The average molecular weight is 382 g/mol. The fraction of sp³-hybridized carbons (Fsp3) is 0.500. The highest BCUT2D eigenvalue weighted by Gasteiger charge is 2.44. The van der Waals surface area contributed by atoms with Gasteiger partial charge in [-0.2, -0.15) is 13.2 Å². The highest BCUT2D eigenvalue weighted by atomic mass is 79.9. The Morgan fingerprint density at radius 1 is 1.50 bits per heavy atom. The molecule has 22 heavy (non-hydrogen) atoms. The van der Waals surface area contributed by atoms with E-state index in [1.807, 2.05) is 0 Å². The van der Waals surface area contributed by atoms with Crippen molar-refractivity contribution in [2.45, 2.75) is 31.2 Å². The number of carbonyl (C=O) groups is 1. The summed E-state index contributed by atoms with van der Waals surface area (Å²) in [5.74, 6) is -2.26. The second kappa shape index (κ2) is 6.17. The minimum atomic E-state index is -5.08. The molecule has 2 aliphatic rings. The van der Waals surface area contributed by atoms with Gasteiger partial charge in [0.1, 0.15) is 0 Å². The number of carboxylic acid groups (broad SMARTS) is 1. The van der Waals surface area contributed by atoms with Crippen LogP contribution in [0.2, 0.25) is 0 Å². The third-order valence-corrected chi connectivity index (χ3v) is 4.62. The Morgan fingerprint density at radius 3 is 2.73 bits per heavy atom. The van der Waals surface area contributed by atoms with Crippen LogP contribution in [0.3, 0.4) is 0 Å². The first-order valence-corrected chi connectivity index (χ1v) is 7.36. The number of alkyl halides is 3. The molecule has 1 aromatic carbocycles. The number of hydrogen-bond donors (Lipinski definition) is 2. The molecule has 2 heterocycles. The summed E-state index contributed by atoms with van der Waals surface area (Å²) in [5.41, 5.74) is 2.76. The zero-order valence-electron chi connectivity index (χ0n) is 11.7. The van der Waals surface area contributed by atoms with Crippen LogP contribution in [0.15, 0.2) is 22.7 Å². The first kappa shape index (κ1) is 17.2. The van der Waals surface area contributed by atoms with Crippen molar-refractivity contribution in [2.24, 2.45) is 0 Å². The van der Waals surface area contributed by atoms with Gasteiger partial charge in [0.05, 0.1) is 12.2 Å². The summed E-state index contributed by atoms with van der Waals surface area (Å²) in [6, 6.07) is 6.44. The lowest BCUT2D eigenvalue weighted by Gasteiger charge is -2.37. The number of hydrogen-bond acceptors (Lipinski definition) is 3. The van der Waals surface area contributed by atoms with Gasteiger partial charge in [-0.1, -0.05) is 28.1 Å². The molecule has 122 valence electrons. The van der Waals surface area contributed by atoms with E-state index < -0.39 is 12.1 Å². The lowest BCUT2D eigenvalue weighted by atomic mass is 9.82. The molecule has 0 aliphatic carbocycles. The fourth-order valence-corrected chi connectivity index (χ4v) is 3.18. The van der Waals surface area contributed by atoms with Crippen molar-refractivity contribution < 1.29 is 27.8 Å². The maximum absolute atomic E-state index is 10.6. The lowest BCUT2D eigenvalue weighted by Crippen LogP contribution is -2.39. The molecule has 1 fully saturated rings. The van der Waals surface area contributed by atoms with E-state index in [1.54, 1.807) is 0 Å². The summed E-state index contributed by atoms with van der Waals surface area (Å²) in [6.45, 7) is 4.93. The summed E-state index contributed by atoms with van der Waals surface area (Å²) in [5, 5.41) is 10.5. The van der Waals surface area contributed by atoms with E-state index in [0.717, 1.165) is 19.7 Å². The number of nitrogens with one attached hydrogen (secondary N) is 1. The molecule has 0 amide bonds. The van der Waals surface area contributed by atoms with E-state index in [9.17, 15) is 13.2 Å². The molecule has 8 heteroatoms. The van der Waals surface area contributed by atoms with E-state index in [1.165, 1.54) is 15.6 Å². The van der Waals surface area contributed by atoms with Crippen molar-refractivity contribution in [3.05, 3.63) is 33.8 Å². The smallest absolute Gasteiger partial charge is 0.475 e. The molecule has 0 radical (unpaired) electrons. The van der Waals surface area contributed by atoms with Gasteiger partial charge >= 0.3 is 12.1 Å². The van der Waals surface area contributed by atoms with Gasteiger partial charge in [0.2, 0.25) is 0 Å². The molecule has 2 unspecified atom stereocenters. The molecule has 2 N–H and O–H groups in total. The third kappa shape index (κ3) is 3.44. The summed E-state index contributed by atoms with van der Waals surface area (Å²) in [4.78, 5) is 8.90. The molecule has 2 atom stereocenters. The van der Waals surface area contributed by atoms with Crippen molar-refractivity contribution in [3.8, 4) is 0 Å². The summed E-state index contributed by atoms with van der Waals surface area (Å²) >= 11 is 3.60. The van der Waals surface area contributed by atoms with Crippen LogP contribution in [-0.2, 0) is 16.1 Å². The van der Waals surface area contributed by atoms with Gasteiger partial charge in [-0.05, 0) is 24.1 Å². The topological polar surface area (TPSA) is 58.6 Å². The van der Waals surface area contributed by atoms with Gasteiger partial charge in [0.25, 0.3) is 0 Å². The van der Waals surface area contributed by atoms with Crippen LogP contribution >= 0.6 is 15.9 Å². The van der Waals surface area contributed by atoms with Crippen LogP contribution in [0, 0.1) is 0 Å². The highest BCUT2D eigenvalue weighted by molar-refractivity contribution is 9.10. The number of fused-ring (bicyclic) bond motifs is 3. The van der Waals surface area contributed by atoms with Crippen LogP contribution < -0.4 is 5.32 Å². The van der Waals surface area contributed by atoms with Crippen LogP contribution in [-0.4, -0.2) is 35.9 Å². The second-order valence-electron chi connectivity index (χ2n) is 5.40. The molecular weight excluding hydrogens is 367 g/mol. The molecule has 1 saturated heterocycles. The monoisotopic (exact) mass is 381 g/mol. The van der Waals surface area contributed by atoms with Gasteiger partial charge in [-0.25, -0.2) is 4.79 Å². The van der Waals surface area contributed by atoms with Crippen molar-refractivity contribution >= 4 is 21.9 Å². The van der Waals surface area contributed by atoms with Crippen molar-refractivity contribution in [1.29, 1.82) is 0 Å². The summed E-state index contributed by atoms with van der Waals surface area (Å²) in [6.07, 6.45) is -5.08. The molecule has 0 aromatic heterocycles. The van der Waals surface area contributed by atoms with Crippen molar-refractivity contribution in [1.82, 2.24) is 5.32 Å². The van der Waals surface area contributed by atoms with Crippen molar-refractivity contribution in [2.75, 3.05) is 13.1 Å². The van der Waals surface area contributed by atoms with E-state index in [0.29, 0.717) is 5.92 Å². The van der Waals surface area contributed by atoms with E-state index in [4.69, 9.17) is 14.6 Å². The zero-order valence-corrected chi connectivity index (χ0v) is 13.3. The molecule has 4 nitrogen and oxygen atoms in total. The number of carboxylic acids is 1. The Bertz CT molecular complexity index is 579. The molecule has 0 saturated carbocycles. The predicted molar refractivity (Wildman–Crippen MR) is 76.6 cm³/mol. The Balaban J connectivity index is 0.000000217. The average Bonchev–Trinajstić information content (AvgIpc) is 2.81. The maximum atomic E-state index is 10.6. The highest BCUT2D eigenvalue weighted by Crippen LogP contribution is 2.42. The van der Waals surface area contributed by atoms with Gasteiger partial charge in [-0.15, -0.1) is 0 Å². The molecule has 3 rings (SSSR count). The molecule has 0 spiro atoms. The normalized spacial score (nSPS) is 26.5. The van der Waals surface area contributed by atoms with Gasteiger partial charge in [0, 0.05) is 23.5 Å². The first-order chi connectivity index (χ1) is 10.1.